The number of amides is 1. The molecule has 0 saturated carbocycles. The molecule has 0 saturated heterocycles. The Morgan fingerprint density at radius 2 is 2.14 bits per heavy atom. The minimum absolute atomic E-state index is 0.0259. The van der Waals surface area contributed by atoms with Gasteiger partial charge in [0, 0.05) is 10.9 Å². The van der Waals surface area contributed by atoms with Crippen molar-refractivity contribution < 1.29 is 13.6 Å². The zero-order valence-corrected chi connectivity index (χ0v) is 12.6. The number of carbonyl (C=O) groups is 1. The van der Waals surface area contributed by atoms with Crippen molar-refractivity contribution in [3.63, 3.8) is 0 Å². The highest BCUT2D eigenvalue weighted by molar-refractivity contribution is 6.31. The van der Waals surface area contributed by atoms with E-state index in [-0.39, 0.29) is 23.0 Å². The third kappa shape index (κ3) is 2.83. The number of anilines is 1. The van der Waals surface area contributed by atoms with E-state index in [1.165, 1.54) is 12.1 Å². The summed E-state index contributed by atoms with van der Waals surface area (Å²) in [4.78, 5) is 12.1. The lowest BCUT2D eigenvalue weighted by Gasteiger charge is -2.06. The van der Waals surface area contributed by atoms with Crippen LogP contribution < -0.4 is 5.32 Å². The van der Waals surface area contributed by atoms with Crippen molar-refractivity contribution in [3.05, 3.63) is 64.6 Å². The number of rotatable bonds is 3. The number of hydrogen-bond donors (Lipinski definition) is 1. The predicted octanol–water partition coefficient (Wildman–Crippen LogP) is 4.71. The molecular formula is C17H13ClFNO2. The first-order valence-electron chi connectivity index (χ1n) is 6.75. The van der Waals surface area contributed by atoms with Gasteiger partial charge in [0.25, 0.3) is 0 Å². The van der Waals surface area contributed by atoms with E-state index in [1.54, 1.807) is 12.3 Å². The fraction of sp³-hybridized carbons (Fsp3) is 0.118. The molecule has 22 heavy (non-hydrogen) atoms. The van der Waals surface area contributed by atoms with Crippen LogP contribution in [-0.4, -0.2) is 5.91 Å². The van der Waals surface area contributed by atoms with E-state index in [9.17, 15) is 9.18 Å². The van der Waals surface area contributed by atoms with Crippen LogP contribution in [0.15, 0.2) is 47.1 Å². The highest BCUT2D eigenvalue weighted by atomic mass is 35.5. The van der Waals surface area contributed by atoms with Crippen molar-refractivity contribution in [2.75, 3.05) is 5.32 Å². The molecule has 0 spiro atoms. The SMILES string of the molecule is Cc1ccc2c(CC(=O)Nc3cccc(Cl)c3F)coc2c1. The van der Waals surface area contributed by atoms with Gasteiger partial charge >= 0.3 is 0 Å². The molecule has 3 rings (SSSR count). The summed E-state index contributed by atoms with van der Waals surface area (Å²) in [5, 5.41) is 3.38. The minimum atomic E-state index is -0.634. The lowest BCUT2D eigenvalue weighted by Crippen LogP contribution is -2.15. The van der Waals surface area contributed by atoms with Crippen LogP contribution in [0, 0.1) is 12.7 Å². The first-order valence-corrected chi connectivity index (χ1v) is 7.13. The van der Waals surface area contributed by atoms with Gasteiger partial charge in [-0.25, -0.2) is 4.39 Å². The van der Waals surface area contributed by atoms with Crippen molar-refractivity contribution in [2.24, 2.45) is 0 Å². The van der Waals surface area contributed by atoms with Gasteiger partial charge in [-0.2, -0.15) is 0 Å². The Labute approximate surface area is 131 Å². The molecule has 112 valence electrons. The quantitative estimate of drug-likeness (QED) is 0.759. The number of benzene rings is 2. The van der Waals surface area contributed by atoms with Gasteiger partial charge in [-0.15, -0.1) is 0 Å². The smallest absolute Gasteiger partial charge is 0.229 e. The van der Waals surface area contributed by atoms with E-state index in [0.29, 0.717) is 0 Å². The average molecular weight is 318 g/mol. The van der Waals surface area contributed by atoms with Gasteiger partial charge in [0.15, 0.2) is 5.82 Å². The van der Waals surface area contributed by atoms with Crippen LogP contribution in [0.4, 0.5) is 10.1 Å². The Kier molecular flexibility index (Phi) is 3.86. The van der Waals surface area contributed by atoms with Gasteiger partial charge in [0.05, 0.1) is 23.4 Å². The highest BCUT2D eigenvalue weighted by Crippen LogP contribution is 2.24. The van der Waals surface area contributed by atoms with Crippen molar-refractivity contribution >= 4 is 34.2 Å². The summed E-state index contributed by atoms with van der Waals surface area (Å²) in [5.41, 5.74) is 2.65. The second kappa shape index (κ2) is 5.81. The first kappa shape index (κ1) is 14.6. The maximum absolute atomic E-state index is 13.8. The van der Waals surface area contributed by atoms with Gasteiger partial charge in [0.2, 0.25) is 5.91 Å². The summed E-state index contributed by atoms with van der Waals surface area (Å²) in [5.74, 6) is -0.963. The Hall–Kier alpha value is -2.33. The van der Waals surface area contributed by atoms with Crippen LogP contribution in [0.5, 0.6) is 0 Å². The monoisotopic (exact) mass is 317 g/mol. The standard InChI is InChI=1S/C17H13ClFNO2/c1-10-5-6-12-11(9-22-15(12)7-10)8-16(21)20-14-4-2-3-13(18)17(14)19/h2-7,9H,8H2,1H3,(H,20,21). The molecule has 1 N–H and O–H groups in total. The van der Waals surface area contributed by atoms with E-state index in [0.717, 1.165) is 22.1 Å². The molecule has 0 unspecified atom stereocenters. The van der Waals surface area contributed by atoms with Gasteiger partial charge in [0.1, 0.15) is 5.58 Å². The molecule has 0 aliphatic heterocycles. The number of aryl methyl sites for hydroxylation is 1. The van der Waals surface area contributed by atoms with Crippen molar-refractivity contribution in [1.82, 2.24) is 0 Å². The average Bonchev–Trinajstić information content (AvgIpc) is 2.86. The third-order valence-electron chi connectivity index (χ3n) is 3.39. The zero-order valence-electron chi connectivity index (χ0n) is 11.8. The summed E-state index contributed by atoms with van der Waals surface area (Å²) in [6.07, 6.45) is 1.65. The molecule has 0 atom stereocenters. The molecule has 1 heterocycles. The summed E-state index contributed by atoms with van der Waals surface area (Å²) in [7, 11) is 0. The van der Waals surface area contributed by atoms with Crippen LogP contribution in [0.3, 0.4) is 0 Å². The molecule has 3 nitrogen and oxygen atoms in total. The second-order valence-corrected chi connectivity index (χ2v) is 5.49. The zero-order chi connectivity index (χ0) is 15.7. The number of fused-ring (bicyclic) bond motifs is 1. The molecule has 0 bridgehead atoms. The fourth-order valence-electron chi connectivity index (χ4n) is 2.30. The lowest BCUT2D eigenvalue weighted by molar-refractivity contribution is -0.115. The topological polar surface area (TPSA) is 42.2 Å². The molecule has 1 amide bonds. The number of nitrogens with one attached hydrogen (secondary N) is 1. The van der Waals surface area contributed by atoms with Crippen molar-refractivity contribution in [2.45, 2.75) is 13.3 Å². The Bertz CT molecular complexity index is 857. The van der Waals surface area contributed by atoms with E-state index in [4.69, 9.17) is 16.0 Å². The summed E-state index contributed by atoms with van der Waals surface area (Å²) >= 11 is 5.69. The van der Waals surface area contributed by atoms with Crippen molar-refractivity contribution in [1.29, 1.82) is 0 Å². The summed E-state index contributed by atoms with van der Waals surface area (Å²) < 4.78 is 19.2. The maximum Gasteiger partial charge on any atom is 0.229 e. The van der Waals surface area contributed by atoms with Gasteiger partial charge in [-0.05, 0) is 30.7 Å². The minimum Gasteiger partial charge on any atom is -0.464 e. The lowest BCUT2D eigenvalue weighted by atomic mass is 10.1. The predicted molar refractivity (Wildman–Crippen MR) is 84.7 cm³/mol. The molecule has 5 heteroatoms. The molecule has 0 aliphatic carbocycles. The van der Waals surface area contributed by atoms with E-state index in [1.807, 2.05) is 25.1 Å². The highest BCUT2D eigenvalue weighted by Gasteiger charge is 2.13. The second-order valence-electron chi connectivity index (χ2n) is 5.09. The molecule has 0 radical (unpaired) electrons. The maximum atomic E-state index is 13.8. The fourth-order valence-corrected chi connectivity index (χ4v) is 2.47. The number of halogens is 2. The van der Waals surface area contributed by atoms with Crippen LogP contribution >= 0.6 is 11.6 Å². The number of hydrogen-bond acceptors (Lipinski definition) is 2. The van der Waals surface area contributed by atoms with Crippen LogP contribution in [0.2, 0.25) is 5.02 Å². The molecule has 3 aromatic rings. The largest absolute Gasteiger partial charge is 0.464 e. The normalized spacial score (nSPS) is 10.9. The molecule has 0 aliphatic rings. The molecule has 0 fully saturated rings. The molecular weight excluding hydrogens is 305 g/mol. The molecule has 2 aromatic carbocycles. The molecule has 1 aromatic heterocycles. The van der Waals surface area contributed by atoms with E-state index in [2.05, 4.69) is 5.32 Å². The van der Waals surface area contributed by atoms with Gasteiger partial charge < -0.3 is 9.73 Å². The number of furan rings is 1. The third-order valence-corrected chi connectivity index (χ3v) is 3.68. The summed E-state index contributed by atoms with van der Waals surface area (Å²) in [6, 6.07) is 10.3. The Morgan fingerprint density at radius 1 is 1.32 bits per heavy atom. The van der Waals surface area contributed by atoms with E-state index < -0.39 is 5.82 Å². The Balaban J connectivity index is 1.80. The van der Waals surface area contributed by atoms with Crippen molar-refractivity contribution in [3.8, 4) is 0 Å². The Morgan fingerprint density at radius 3 is 2.95 bits per heavy atom. The van der Waals surface area contributed by atoms with Gasteiger partial charge in [-0.3, -0.25) is 4.79 Å². The van der Waals surface area contributed by atoms with Gasteiger partial charge in [-0.1, -0.05) is 29.8 Å². The van der Waals surface area contributed by atoms with E-state index >= 15 is 0 Å². The number of carbonyl (C=O) groups excluding carboxylic acids is 1. The summed E-state index contributed by atoms with van der Waals surface area (Å²) in [6.45, 7) is 1.97. The first-order chi connectivity index (χ1) is 10.5. The van der Waals surface area contributed by atoms with Crippen LogP contribution in [0.25, 0.3) is 11.0 Å². The van der Waals surface area contributed by atoms with Crippen LogP contribution in [-0.2, 0) is 11.2 Å². The van der Waals surface area contributed by atoms with Crippen LogP contribution in [0.1, 0.15) is 11.1 Å².